The number of carbonyl (C=O) groups excluding carboxylic acids is 1. The van der Waals surface area contributed by atoms with Crippen molar-refractivity contribution in [1.82, 2.24) is 25.2 Å². The van der Waals surface area contributed by atoms with Crippen molar-refractivity contribution in [2.45, 2.75) is 45.8 Å². The summed E-state index contributed by atoms with van der Waals surface area (Å²) in [6, 6.07) is 8.05. The third-order valence-corrected chi connectivity index (χ3v) is 3.97. The van der Waals surface area contributed by atoms with E-state index >= 15 is 0 Å². The number of unbranched alkanes of at least 4 members (excludes halogenated alkanes) is 1. The van der Waals surface area contributed by atoms with Gasteiger partial charge in [-0.05, 0) is 34.9 Å². The molecular formula is C17H21N5O2. The molecule has 0 spiro atoms. The molecule has 7 heteroatoms. The molecule has 0 fully saturated rings. The van der Waals surface area contributed by atoms with Crippen LogP contribution in [-0.4, -0.2) is 31.2 Å². The predicted octanol–water partition coefficient (Wildman–Crippen LogP) is 2.63. The van der Waals surface area contributed by atoms with Gasteiger partial charge < -0.3 is 9.72 Å². The van der Waals surface area contributed by atoms with Gasteiger partial charge in [0, 0.05) is 30.1 Å². The molecule has 7 nitrogen and oxygen atoms in total. The van der Waals surface area contributed by atoms with Crippen LogP contribution in [0.25, 0.3) is 10.9 Å². The van der Waals surface area contributed by atoms with Crippen molar-refractivity contribution in [3.8, 4) is 0 Å². The normalized spacial score (nSPS) is 11.0. The van der Waals surface area contributed by atoms with Gasteiger partial charge in [0.05, 0.1) is 0 Å². The maximum absolute atomic E-state index is 12.0. The summed E-state index contributed by atoms with van der Waals surface area (Å²) in [5.74, 6) is 0.342. The molecule has 1 N–H and O–H groups in total. The van der Waals surface area contributed by atoms with Gasteiger partial charge in [0.25, 0.3) is 0 Å². The van der Waals surface area contributed by atoms with Crippen LogP contribution in [0.3, 0.4) is 0 Å². The summed E-state index contributed by atoms with van der Waals surface area (Å²) in [7, 11) is 0. The molecule has 2 heterocycles. The highest BCUT2D eigenvalue weighted by atomic mass is 16.5. The van der Waals surface area contributed by atoms with Crippen molar-refractivity contribution >= 4 is 16.9 Å². The largest absolute Gasteiger partial charge is 0.457 e. The number of hydrogen-bond acceptors (Lipinski definition) is 5. The Morgan fingerprint density at radius 1 is 1.33 bits per heavy atom. The Bertz CT molecular complexity index is 808. The Hall–Kier alpha value is -2.70. The van der Waals surface area contributed by atoms with Crippen LogP contribution in [0.4, 0.5) is 0 Å². The first-order valence-electron chi connectivity index (χ1n) is 8.23. The van der Waals surface area contributed by atoms with Gasteiger partial charge in [0.15, 0.2) is 12.4 Å². The molecule has 0 radical (unpaired) electrons. The summed E-state index contributed by atoms with van der Waals surface area (Å²) in [6.07, 6.45) is 4.97. The first-order valence-corrected chi connectivity index (χ1v) is 8.23. The fourth-order valence-electron chi connectivity index (χ4n) is 2.60. The number of esters is 1. The third kappa shape index (κ3) is 3.79. The SMILES string of the molecule is CCCCn1nnnc1COC(=O)CCc1c[nH]c2ccccc12. The van der Waals surface area contributed by atoms with Crippen molar-refractivity contribution in [1.29, 1.82) is 0 Å². The van der Waals surface area contributed by atoms with Gasteiger partial charge in [0.1, 0.15) is 0 Å². The van der Waals surface area contributed by atoms with E-state index in [1.165, 1.54) is 0 Å². The van der Waals surface area contributed by atoms with Crippen molar-refractivity contribution in [3.05, 3.63) is 41.9 Å². The highest BCUT2D eigenvalue weighted by Gasteiger charge is 2.11. The summed E-state index contributed by atoms with van der Waals surface area (Å²) in [4.78, 5) is 15.2. The fourth-order valence-corrected chi connectivity index (χ4v) is 2.60. The van der Waals surface area contributed by atoms with Gasteiger partial charge >= 0.3 is 5.97 Å². The summed E-state index contributed by atoms with van der Waals surface area (Å²) in [5, 5.41) is 12.6. The number of H-pyrrole nitrogens is 1. The van der Waals surface area contributed by atoms with Crippen molar-refractivity contribution < 1.29 is 9.53 Å². The smallest absolute Gasteiger partial charge is 0.306 e. The molecule has 0 atom stereocenters. The van der Waals surface area contributed by atoms with Crippen LogP contribution >= 0.6 is 0 Å². The van der Waals surface area contributed by atoms with Crippen LogP contribution in [0.1, 0.15) is 37.6 Å². The first kappa shape index (κ1) is 16.2. The Morgan fingerprint density at radius 3 is 3.08 bits per heavy atom. The lowest BCUT2D eigenvalue weighted by Crippen LogP contribution is -2.11. The zero-order chi connectivity index (χ0) is 16.8. The molecule has 0 bridgehead atoms. The summed E-state index contributed by atoms with van der Waals surface area (Å²) in [6.45, 7) is 2.96. The molecule has 3 rings (SSSR count). The maximum atomic E-state index is 12.0. The minimum atomic E-state index is -0.245. The number of para-hydroxylation sites is 1. The average molecular weight is 327 g/mol. The molecule has 1 aromatic carbocycles. The topological polar surface area (TPSA) is 85.7 Å². The third-order valence-electron chi connectivity index (χ3n) is 3.97. The molecule has 3 aromatic rings. The van der Waals surface area contributed by atoms with Crippen LogP contribution in [-0.2, 0) is 29.1 Å². The summed E-state index contributed by atoms with van der Waals surface area (Å²) >= 11 is 0. The molecule has 0 amide bonds. The fraction of sp³-hybridized carbons (Fsp3) is 0.412. The second-order valence-electron chi connectivity index (χ2n) is 5.69. The highest BCUT2D eigenvalue weighted by Crippen LogP contribution is 2.19. The van der Waals surface area contributed by atoms with Crippen LogP contribution in [0.2, 0.25) is 0 Å². The molecular weight excluding hydrogens is 306 g/mol. The van der Waals surface area contributed by atoms with Gasteiger partial charge in [-0.15, -0.1) is 5.10 Å². The zero-order valence-corrected chi connectivity index (χ0v) is 13.7. The van der Waals surface area contributed by atoms with E-state index in [2.05, 4.69) is 27.4 Å². The van der Waals surface area contributed by atoms with E-state index < -0.39 is 0 Å². The van der Waals surface area contributed by atoms with E-state index in [1.807, 2.05) is 30.5 Å². The monoisotopic (exact) mass is 327 g/mol. The summed E-state index contributed by atoms with van der Waals surface area (Å²) < 4.78 is 7.00. The molecule has 0 saturated heterocycles. The number of nitrogens with zero attached hydrogens (tertiary/aromatic N) is 4. The number of aryl methyl sites for hydroxylation is 2. The lowest BCUT2D eigenvalue weighted by molar-refractivity contribution is -0.145. The number of nitrogens with one attached hydrogen (secondary N) is 1. The molecule has 126 valence electrons. The molecule has 2 aromatic heterocycles. The maximum Gasteiger partial charge on any atom is 0.306 e. The molecule has 24 heavy (non-hydrogen) atoms. The van der Waals surface area contributed by atoms with Gasteiger partial charge in [-0.2, -0.15) is 0 Å². The second kappa shape index (κ2) is 7.72. The Kier molecular flexibility index (Phi) is 5.20. The van der Waals surface area contributed by atoms with Crippen molar-refractivity contribution in [2.24, 2.45) is 0 Å². The molecule has 0 aliphatic heterocycles. The quantitative estimate of drug-likeness (QED) is 0.643. The van der Waals surface area contributed by atoms with Crippen LogP contribution < -0.4 is 0 Å². The number of benzene rings is 1. The van der Waals surface area contributed by atoms with Gasteiger partial charge in [-0.3, -0.25) is 4.79 Å². The van der Waals surface area contributed by atoms with Crippen LogP contribution in [0.15, 0.2) is 30.5 Å². The Labute approximate surface area is 140 Å². The van der Waals surface area contributed by atoms with Gasteiger partial charge in [0.2, 0.25) is 0 Å². The Balaban J connectivity index is 1.50. The van der Waals surface area contributed by atoms with E-state index in [1.54, 1.807) is 4.68 Å². The van der Waals surface area contributed by atoms with E-state index in [0.29, 0.717) is 18.7 Å². The van der Waals surface area contributed by atoms with E-state index in [0.717, 1.165) is 35.9 Å². The average Bonchev–Trinajstić information content (AvgIpc) is 3.23. The Morgan fingerprint density at radius 2 is 2.21 bits per heavy atom. The van der Waals surface area contributed by atoms with Crippen LogP contribution in [0.5, 0.6) is 0 Å². The van der Waals surface area contributed by atoms with Gasteiger partial charge in [-0.1, -0.05) is 31.5 Å². The van der Waals surface area contributed by atoms with E-state index in [9.17, 15) is 4.79 Å². The second-order valence-corrected chi connectivity index (χ2v) is 5.69. The number of aromatic nitrogens is 5. The van der Waals surface area contributed by atoms with E-state index in [4.69, 9.17) is 4.74 Å². The molecule has 0 aliphatic carbocycles. The number of ether oxygens (including phenoxy) is 1. The van der Waals surface area contributed by atoms with E-state index in [-0.39, 0.29) is 12.6 Å². The predicted molar refractivity (Wildman–Crippen MR) is 89.1 cm³/mol. The lowest BCUT2D eigenvalue weighted by atomic mass is 10.1. The number of rotatable bonds is 8. The summed E-state index contributed by atoms with van der Waals surface area (Å²) in [5.41, 5.74) is 2.20. The molecule has 0 unspecified atom stereocenters. The number of hydrogen-bond donors (Lipinski definition) is 1. The molecule has 0 saturated carbocycles. The molecule has 0 aliphatic rings. The number of tetrazole rings is 1. The van der Waals surface area contributed by atoms with Crippen molar-refractivity contribution in [3.63, 3.8) is 0 Å². The highest BCUT2D eigenvalue weighted by molar-refractivity contribution is 5.83. The first-order chi connectivity index (χ1) is 11.8. The minimum Gasteiger partial charge on any atom is -0.457 e. The number of fused-ring (bicyclic) bond motifs is 1. The number of aromatic amines is 1. The lowest BCUT2D eigenvalue weighted by Gasteiger charge is -2.05. The van der Waals surface area contributed by atoms with Crippen LogP contribution in [0, 0.1) is 0 Å². The van der Waals surface area contributed by atoms with Crippen molar-refractivity contribution in [2.75, 3.05) is 0 Å². The number of carbonyl (C=O) groups is 1. The van der Waals surface area contributed by atoms with Gasteiger partial charge in [-0.25, -0.2) is 4.68 Å². The zero-order valence-electron chi connectivity index (χ0n) is 13.7. The standard InChI is InChI=1S/C17H21N5O2/c1-2-3-10-22-16(19-20-21-22)12-24-17(23)9-8-13-11-18-15-7-5-4-6-14(13)15/h4-7,11,18H,2-3,8-10,12H2,1H3. The minimum absolute atomic E-state index is 0.115.